The molecule has 0 N–H and O–H groups in total. The van der Waals surface area contributed by atoms with Crippen LogP contribution in [0, 0.1) is 6.92 Å². The Kier molecular flexibility index (Phi) is 2.15. The van der Waals surface area contributed by atoms with Crippen molar-refractivity contribution < 1.29 is 0 Å². The molecule has 0 spiro atoms. The first kappa shape index (κ1) is 9.06. The summed E-state index contributed by atoms with van der Waals surface area (Å²) in [4.78, 5) is 4.36. The molecule has 14 heavy (non-hydrogen) atoms. The Balaban J connectivity index is 2.82. The molecule has 0 bridgehead atoms. The zero-order chi connectivity index (χ0) is 10.1. The molecule has 0 radical (unpaired) electrons. The molecule has 3 heteroatoms. The number of rotatable bonds is 1. The number of hydrogen-bond acceptors (Lipinski definition) is 3. The van der Waals surface area contributed by atoms with E-state index < -0.39 is 0 Å². The van der Waals surface area contributed by atoms with Gasteiger partial charge >= 0.3 is 0 Å². The van der Waals surface area contributed by atoms with E-state index in [0.717, 1.165) is 22.3 Å². The lowest BCUT2D eigenvalue weighted by Crippen LogP contribution is -2.00. The van der Waals surface area contributed by atoms with Crippen LogP contribution in [0.3, 0.4) is 0 Å². The molecule has 0 aliphatic rings. The van der Waals surface area contributed by atoms with E-state index in [0.29, 0.717) is 5.92 Å². The van der Waals surface area contributed by atoms with Gasteiger partial charge in [0.15, 0.2) is 0 Å². The van der Waals surface area contributed by atoms with Crippen LogP contribution in [0.25, 0.3) is 10.9 Å². The Labute approximate surface area is 83.2 Å². The van der Waals surface area contributed by atoms with E-state index in [1.54, 1.807) is 6.20 Å². The summed E-state index contributed by atoms with van der Waals surface area (Å²) in [5.41, 5.74) is 2.90. The molecule has 0 aliphatic carbocycles. The standard InChI is InChI=1S/C11H13N3/c1-7(2)10-11-9(5-4-6-12-11)8(3)13-14-10/h4-7H,1-3H3. The number of hydrogen-bond donors (Lipinski definition) is 0. The third-order valence-electron chi connectivity index (χ3n) is 2.29. The first-order valence-corrected chi connectivity index (χ1v) is 4.78. The summed E-state index contributed by atoms with van der Waals surface area (Å²) in [5, 5.41) is 9.43. The van der Waals surface area contributed by atoms with Gasteiger partial charge in [0.1, 0.15) is 0 Å². The predicted octanol–water partition coefficient (Wildman–Crippen LogP) is 2.46. The molecular formula is C11H13N3. The van der Waals surface area contributed by atoms with E-state index in [4.69, 9.17) is 0 Å². The van der Waals surface area contributed by atoms with Gasteiger partial charge < -0.3 is 0 Å². The molecular weight excluding hydrogens is 174 g/mol. The molecule has 2 heterocycles. The highest BCUT2D eigenvalue weighted by molar-refractivity contribution is 5.82. The van der Waals surface area contributed by atoms with Crippen LogP contribution in [-0.4, -0.2) is 15.2 Å². The third-order valence-corrected chi connectivity index (χ3v) is 2.29. The van der Waals surface area contributed by atoms with Crippen molar-refractivity contribution in [3.8, 4) is 0 Å². The van der Waals surface area contributed by atoms with Crippen molar-refractivity contribution in [2.45, 2.75) is 26.7 Å². The van der Waals surface area contributed by atoms with E-state index in [9.17, 15) is 0 Å². The van der Waals surface area contributed by atoms with Crippen molar-refractivity contribution in [3.05, 3.63) is 29.7 Å². The highest BCUT2D eigenvalue weighted by Gasteiger charge is 2.09. The Morgan fingerprint density at radius 2 is 2.00 bits per heavy atom. The molecule has 0 atom stereocenters. The molecule has 2 rings (SSSR count). The van der Waals surface area contributed by atoms with Crippen molar-refractivity contribution in [1.82, 2.24) is 15.2 Å². The van der Waals surface area contributed by atoms with E-state index in [-0.39, 0.29) is 0 Å². The summed E-state index contributed by atoms with van der Waals surface area (Å²) in [5.74, 6) is 0.362. The fourth-order valence-electron chi connectivity index (χ4n) is 1.52. The second-order valence-electron chi connectivity index (χ2n) is 3.72. The Morgan fingerprint density at radius 3 is 2.71 bits per heavy atom. The second-order valence-corrected chi connectivity index (χ2v) is 3.72. The van der Waals surface area contributed by atoms with Crippen LogP contribution in [0.5, 0.6) is 0 Å². The molecule has 0 fully saturated rings. The predicted molar refractivity (Wildman–Crippen MR) is 56.2 cm³/mol. The average Bonchev–Trinajstić information content (AvgIpc) is 2.18. The van der Waals surface area contributed by atoms with Crippen molar-refractivity contribution in [3.63, 3.8) is 0 Å². The monoisotopic (exact) mass is 187 g/mol. The average molecular weight is 187 g/mol. The van der Waals surface area contributed by atoms with Crippen LogP contribution in [0.15, 0.2) is 18.3 Å². The van der Waals surface area contributed by atoms with Gasteiger partial charge in [-0.15, -0.1) is 0 Å². The summed E-state index contributed by atoms with van der Waals surface area (Å²) in [6.07, 6.45) is 1.80. The van der Waals surface area contributed by atoms with Crippen LogP contribution in [0.1, 0.15) is 31.2 Å². The smallest absolute Gasteiger partial charge is 0.0957 e. The summed E-state index contributed by atoms with van der Waals surface area (Å²) in [6, 6.07) is 3.97. The van der Waals surface area contributed by atoms with Crippen LogP contribution in [0.2, 0.25) is 0 Å². The first-order chi connectivity index (χ1) is 6.70. The summed E-state index contributed by atoms with van der Waals surface area (Å²) < 4.78 is 0. The zero-order valence-electron chi connectivity index (χ0n) is 8.65. The lowest BCUT2D eigenvalue weighted by molar-refractivity contribution is 0.788. The molecule has 0 aliphatic heterocycles. The maximum absolute atomic E-state index is 4.36. The third kappa shape index (κ3) is 1.35. The van der Waals surface area contributed by atoms with Gasteiger partial charge in [-0.3, -0.25) is 4.98 Å². The van der Waals surface area contributed by atoms with E-state index in [1.165, 1.54) is 0 Å². The fourth-order valence-corrected chi connectivity index (χ4v) is 1.52. The number of aryl methyl sites for hydroxylation is 1. The molecule has 0 saturated heterocycles. The fraction of sp³-hybridized carbons (Fsp3) is 0.364. The lowest BCUT2D eigenvalue weighted by Gasteiger charge is -2.07. The molecule has 3 nitrogen and oxygen atoms in total. The highest BCUT2D eigenvalue weighted by Crippen LogP contribution is 2.21. The van der Waals surface area contributed by atoms with Crippen molar-refractivity contribution in [2.75, 3.05) is 0 Å². The molecule has 0 aromatic carbocycles. The summed E-state index contributed by atoms with van der Waals surface area (Å²) in [7, 11) is 0. The maximum Gasteiger partial charge on any atom is 0.0957 e. The SMILES string of the molecule is Cc1nnc(C(C)C)c2ncccc12. The first-order valence-electron chi connectivity index (χ1n) is 4.78. The topological polar surface area (TPSA) is 38.7 Å². The van der Waals surface area contributed by atoms with Crippen LogP contribution in [0.4, 0.5) is 0 Å². The van der Waals surface area contributed by atoms with Gasteiger partial charge in [-0.1, -0.05) is 13.8 Å². The minimum absolute atomic E-state index is 0.362. The number of nitrogens with zero attached hydrogens (tertiary/aromatic N) is 3. The van der Waals surface area contributed by atoms with Crippen molar-refractivity contribution in [1.29, 1.82) is 0 Å². The van der Waals surface area contributed by atoms with Crippen LogP contribution < -0.4 is 0 Å². The summed E-state index contributed by atoms with van der Waals surface area (Å²) >= 11 is 0. The van der Waals surface area contributed by atoms with Gasteiger partial charge in [-0.2, -0.15) is 10.2 Å². The zero-order valence-corrected chi connectivity index (χ0v) is 8.65. The van der Waals surface area contributed by atoms with Gasteiger partial charge in [0, 0.05) is 11.6 Å². The van der Waals surface area contributed by atoms with Gasteiger partial charge in [0.25, 0.3) is 0 Å². The number of fused-ring (bicyclic) bond motifs is 1. The molecule has 0 saturated carbocycles. The van der Waals surface area contributed by atoms with Crippen LogP contribution >= 0.6 is 0 Å². The normalized spacial score (nSPS) is 11.1. The van der Waals surface area contributed by atoms with E-state index in [1.807, 2.05) is 19.1 Å². The van der Waals surface area contributed by atoms with Gasteiger partial charge in [0.2, 0.25) is 0 Å². The van der Waals surface area contributed by atoms with Gasteiger partial charge in [-0.05, 0) is 25.0 Å². The minimum Gasteiger partial charge on any atom is -0.254 e. The Morgan fingerprint density at radius 1 is 1.21 bits per heavy atom. The molecule has 2 aromatic rings. The lowest BCUT2D eigenvalue weighted by atomic mass is 10.1. The van der Waals surface area contributed by atoms with Crippen LogP contribution in [-0.2, 0) is 0 Å². The molecule has 72 valence electrons. The van der Waals surface area contributed by atoms with Gasteiger partial charge in [0.05, 0.1) is 16.9 Å². The summed E-state index contributed by atoms with van der Waals surface area (Å²) in [6.45, 7) is 6.17. The molecule has 0 unspecified atom stereocenters. The molecule has 0 amide bonds. The van der Waals surface area contributed by atoms with Gasteiger partial charge in [-0.25, -0.2) is 0 Å². The van der Waals surface area contributed by atoms with Crippen molar-refractivity contribution in [2.24, 2.45) is 0 Å². The quantitative estimate of drug-likeness (QED) is 0.688. The second kappa shape index (κ2) is 3.33. The Hall–Kier alpha value is -1.51. The largest absolute Gasteiger partial charge is 0.254 e. The number of pyridine rings is 1. The minimum atomic E-state index is 0.362. The van der Waals surface area contributed by atoms with E-state index in [2.05, 4.69) is 29.0 Å². The maximum atomic E-state index is 4.36. The van der Waals surface area contributed by atoms with E-state index >= 15 is 0 Å². The Bertz CT molecular complexity index is 463. The number of aromatic nitrogens is 3. The highest BCUT2D eigenvalue weighted by atomic mass is 15.1. The molecule has 2 aromatic heterocycles. The van der Waals surface area contributed by atoms with Crippen molar-refractivity contribution >= 4 is 10.9 Å².